The maximum absolute atomic E-state index is 15.5. The summed E-state index contributed by atoms with van der Waals surface area (Å²) in [5, 5.41) is 7.16. The highest BCUT2D eigenvalue weighted by Gasteiger charge is 2.38. The molecule has 2 saturated heterocycles. The van der Waals surface area contributed by atoms with Crippen LogP contribution in [0, 0.1) is 0 Å². The van der Waals surface area contributed by atoms with Crippen LogP contribution in [0.15, 0.2) is 109 Å². The number of carbonyl (C=O) groups excluding carboxylic acids is 6. The summed E-state index contributed by atoms with van der Waals surface area (Å²) in [6, 6.07) is 24.2. The first-order chi connectivity index (χ1) is 43.5. The number of ether oxygens (including phenoxy) is 3. The number of anilines is 7. The molecule has 2 fully saturated rings. The van der Waals surface area contributed by atoms with Crippen molar-refractivity contribution >= 4 is 88.3 Å². The quantitative estimate of drug-likeness (QED) is 0.0424. The number of nitrogens with one attached hydrogen (secondary N) is 2. The van der Waals surface area contributed by atoms with Crippen molar-refractivity contribution in [2.45, 2.75) is 105 Å². The van der Waals surface area contributed by atoms with Crippen LogP contribution in [-0.2, 0) is 38.5 Å². The SMILES string of the molecule is CCN(CC)c1ncc(N(CC)C(=O)C2c3ccccc3CN2C)c(N[C@@H](Cc2ccc(OC(=O)N3CCCC3)cc2)C(=O)OC(=O)[C@H](Cc2ccc(OC(=O)N3CCCC3)cc2)Nc2nc(N(CC)CC)ncc2N(CC)C(=O)N(C)c2ccc(Cl)cc2)n1. The molecule has 5 heterocycles. The standard InChI is InChI=1S/C66H81ClN14O9/c1-9-76(10-2)62-68-41-54(80(13-5)59(82)56-51-22-16-15-21-46(51)43-74(56)7)57(72-62)70-52(39-44-23-31-49(32-24-44)88-65(86)78-35-17-18-36-78)60(83)90-61(84)53(40-45-25-33-50(34-26-45)89-66(87)79-37-19-20-38-79)71-58-55(42-69-63(73-58)77(11-3)12-4)81(14-6)64(85)75(8)48-29-27-47(67)28-30-48/h15-16,21-34,41-42,52-53,56H,9-14,17-20,35-40,43H2,1-8H3,(H,68,70,72)(H,69,71,73)/t52-,53-,56?/m0/s1. The third-order valence-corrected chi connectivity index (χ3v) is 16.8. The molecule has 1 unspecified atom stereocenters. The van der Waals surface area contributed by atoms with Gasteiger partial charge < -0.3 is 49.3 Å². The fourth-order valence-corrected chi connectivity index (χ4v) is 11.6. The molecule has 23 nitrogen and oxygen atoms in total. The minimum Gasteiger partial charge on any atom is -0.410 e. The van der Waals surface area contributed by atoms with Crippen molar-refractivity contribution in [3.8, 4) is 11.5 Å². The third-order valence-electron chi connectivity index (χ3n) is 16.5. The van der Waals surface area contributed by atoms with E-state index in [1.165, 1.54) is 16.0 Å². The van der Waals surface area contributed by atoms with E-state index < -0.39 is 48.3 Å². The molecule has 0 saturated carbocycles. The Balaban J connectivity index is 1.10. The summed E-state index contributed by atoms with van der Waals surface area (Å²) in [5.41, 5.74) is 4.16. The van der Waals surface area contributed by atoms with Gasteiger partial charge in [0.05, 0.1) is 12.4 Å². The molecule has 0 bridgehead atoms. The lowest BCUT2D eigenvalue weighted by Crippen LogP contribution is -2.43. The molecule has 9 rings (SSSR count). The Kier molecular flexibility index (Phi) is 22.1. The van der Waals surface area contributed by atoms with Crippen molar-refractivity contribution in [1.29, 1.82) is 0 Å². The number of hydrogen-bond donors (Lipinski definition) is 2. The van der Waals surface area contributed by atoms with Crippen molar-refractivity contribution in [2.75, 3.05) is 115 Å². The molecule has 3 atom stereocenters. The number of amides is 5. The average Bonchev–Trinajstić information content (AvgIpc) is 1.54. The largest absolute Gasteiger partial charge is 0.415 e. The number of urea groups is 1. The molecule has 6 aromatic rings. The van der Waals surface area contributed by atoms with E-state index in [-0.39, 0.29) is 54.8 Å². The van der Waals surface area contributed by atoms with E-state index in [1.807, 2.05) is 80.6 Å². The van der Waals surface area contributed by atoms with Crippen molar-refractivity contribution in [3.05, 3.63) is 137 Å². The van der Waals surface area contributed by atoms with Crippen LogP contribution in [-0.4, -0.2) is 162 Å². The van der Waals surface area contributed by atoms with Gasteiger partial charge in [-0.25, -0.2) is 33.9 Å². The minimum absolute atomic E-state index is 0.0896. The summed E-state index contributed by atoms with van der Waals surface area (Å²) in [4.78, 5) is 120. The number of aromatic nitrogens is 4. The summed E-state index contributed by atoms with van der Waals surface area (Å²) in [6.45, 7) is 17.0. The second-order valence-electron chi connectivity index (χ2n) is 22.3. The summed E-state index contributed by atoms with van der Waals surface area (Å²) in [7, 11) is 3.53. The Labute approximate surface area is 531 Å². The van der Waals surface area contributed by atoms with Crippen molar-refractivity contribution in [1.82, 2.24) is 34.6 Å². The second-order valence-corrected chi connectivity index (χ2v) is 22.7. The van der Waals surface area contributed by atoms with Gasteiger partial charge in [-0.3, -0.25) is 19.5 Å². The highest BCUT2D eigenvalue weighted by atomic mass is 35.5. The molecule has 90 heavy (non-hydrogen) atoms. The zero-order valence-electron chi connectivity index (χ0n) is 52.6. The fraction of sp³-hybridized carbons (Fsp3) is 0.424. The lowest BCUT2D eigenvalue weighted by molar-refractivity contribution is -0.160. The monoisotopic (exact) mass is 1250 g/mol. The summed E-state index contributed by atoms with van der Waals surface area (Å²) < 4.78 is 17.6. The fourth-order valence-electron chi connectivity index (χ4n) is 11.4. The molecule has 5 amide bonds. The normalized spacial score (nSPS) is 15.1. The summed E-state index contributed by atoms with van der Waals surface area (Å²) in [5.74, 6) is -0.799. The van der Waals surface area contributed by atoms with Gasteiger partial charge in [0.1, 0.15) is 41.0 Å². The van der Waals surface area contributed by atoms with Crippen LogP contribution in [0.1, 0.15) is 95.5 Å². The number of rotatable bonds is 24. The molecule has 2 N–H and O–H groups in total. The van der Waals surface area contributed by atoms with E-state index >= 15 is 14.4 Å². The Bertz CT molecular complexity index is 3470. The van der Waals surface area contributed by atoms with Crippen LogP contribution in [0.25, 0.3) is 0 Å². The van der Waals surface area contributed by atoms with Crippen LogP contribution < -0.4 is 44.6 Å². The van der Waals surface area contributed by atoms with E-state index in [1.54, 1.807) is 108 Å². The molecule has 476 valence electrons. The van der Waals surface area contributed by atoms with Crippen molar-refractivity contribution < 1.29 is 43.0 Å². The zero-order chi connectivity index (χ0) is 64.0. The highest BCUT2D eigenvalue weighted by molar-refractivity contribution is 6.30. The third kappa shape index (κ3) is 15.5. The number of likely N-dealkylation sites (N-methyl/N-ethyl adjacent to an activating group) is 2. The molecule has 0 spiro atoms. The number of benzene rings is 4. The predicted molar refractivity (Wildman–Crippen MR) is 348 cm³/mol. The van der Waals surface area contributed by atoms with Crippen LogP contribution in [0.5, 0.6) is 11.5 Å². The topological polar surface area (TPSA) is 232 Å². The van der Waals surface area contributed by atoms with Gasteiger partial charge in [0, 0.05) is 103 Å². The first-order valence-electron chi connectivity index (χ1n) is 31.1. The van der Waals surface area contributed by atoms with Crippen LogP contribution in [0.2, 0.25) is 5.02 Å². The number of hydrogen-bond acceptors (Lipinski definition) is 18. The molecular weight excluding hydrogens is 1170 g/mol. The summed E-state index contributed by atoms with van der Waals surface area (Å²) >= 11 is 6.24. The summed E-state index contributed by atoms with van der Waals surface area (Å²) in [6.07, 6.45) is 5.55. The Morgan fingerprint density at radius 3 is 1.48 bits per heavy atom. The highest BCUT2D eigenvalue weighted by Crippen LogP contribution is 2.37. The molecule has 24 heteroatoms. The Hall–Kier alpha value is -9.09. The zero-order valence-corrected chi connectivity index (χ0v) is 53.3. The van der Waals surface area contributed by atoms with Gasteiger partial charge >= 0.3 is 30.2 Å². The molecule has 0 radical (unpaired) electrons. The number of esters is 2. The molecule has 3 aliphatic heterocycles. The predicted octanol–water partition coefficient (Wildman–Crippen LogP) is 10.2. The van der Waals surface area contributed by atoms with Crippen molar-refractivity contribution in [3.63, 3.8) is 0 Å². The molecule has 4 aromatic carbocycles. The van der Waals surface area contributed by atoms with Gasteiger partial charge in [-0.1, -0.05) is 60.1 Å². The van der Waals surface area contributed by atoms with Gasteiger partial charge in [-0.05, 0) is 145 Å². The van der Waals surface area contributed by atoms with Gasteiger partial charge in [0.25, 0.3) is 0 Å². The van der Waals surface area contributed by atoms with E-state index in [0.29, 0.717) is 104 Å². The van der Waals surface area contributed by atoms with E-state index in [0.717, 1.165) is 36.8 Å². The number of likely N-dealkylation sites (tertiary alicyclic amines) is 2. The van der Waals surface area contributed by atoms with E-state index in [2.05, 4.69) is 10.6 Å². The van der Waals surface area contributed by atoms with E-state index in [4.69, 9.17) is 45.7 Å². The number of fused-ring (bicyclic) bond motifs is 1. The van der Waals surface area contributed by atoms with Crippen LogP contribution in [0.3, 0.4) is 0 Å². The number of halogens is 1. The minimum atomic E-state index is -1.39. The van der Waals surface area contributed by atoms with E-state index in [9.17, 15) is 14.4 Å². The smallest absolute Gasteiger partial charge is 0.410 e. The number of carbonyl (C=O) groups is 6. The van der Waals surface area contributed by atoms with Gasteiger partial charge in [-0.15, -0.1) is 0 Å². The van der Waals surface area contributed by atoms with Gasteiger partial charge in [0.15, 0.2) is 11.6 Å². The van der Waals surface area contributed by atoms with Crippen LogP contribution >= 0.6 is 11.6 Å². The molecule has 3 aliphatic rings. The van der Waals surface area contributed by atoms with Gasteiger partial charge in [0.2, 0.25) is 17.8 Å². The Morgan fingerprint density at radius 1 is 0.589 bits per heavy atom. The first kappa shape index (κ1) is 65.4. The molecular formula is C66H81ClN14O9. The van der Waals surface area contributed by atoms with Crippen LogP contribution in [0.4, 0.5) is 55.0 Å². The van der Waals surface area contributed by atoms with Gasteiger partial charge in [-0.2, -0.15) is 9.97 Å². The Morgan fingerprint density at radius 2 is 1.03 bits per heavy atom. The number of nitrogens with zero attached hydrogens (tertiary/aromatic N) is 12. The lowest BCUT2D eigenvalue weighted by atomic mass is 10.0. The van der Waals surface area contributed by atoms with Crippen molar-refractivity contribution in [2.24, 2.45) is 0 Å². The second kappa shape index (κ2) is 30.4. The molecule has 2 aromatic heterocycles. The first-order valence-corrected chi connectivity index (χ1v) is 31.5. The maximum Gasteiger partial charge on any atom is 0.415 e. The average molecular weight is 1250 g/mol. The lowest BCUT2D eigenvalue weighted by Gasteiger charge is -2.31. The maximum atomic E-state index is 15.5. The molecule has 0 aliphatic carbocycles.